The number of nitrogens with one attached hydrogen (secondary N) is 1. The summed E-state index contributed by atoms with van der Waals surface area (Å²) >= 11 is 1.28. The summed E-state index contributed by atoms with van der Waals surface area (Å²) in [6, 6.07) is 3.02. The van der Waals surface area contributed by atoms with Gasteiger partial charge in [-0.05, 0) is 12.1 Å². The Morgan fingerprint density at radius 2 is 2.19 bits per heavy atom. The number of nitrogens with zero attached hydrogens (tertiary/aromatic N) is 3. The molecule has 0 aliphatic carbocycles. The van der Waals surface area contributed by atoms with Crippen molar-refractivity contribution in [2.24, 2.45) is 0 Å². The van der Waals surface area contributed by atoms with Gasteiger partial charge in [-0.15, -0.1) is 11.3 Å². The average Bonchev–Trinajstić information content (AvgIpc) is 3.49. The number of benzene rings is 1. The van der Waals surface area contributed by atoms with Crippen LogP contribution in [0.25, 0.3) is 21.9 Å². The summed E-state index contributed by atoms with van der Waals surface area (Å²) in [5, 5.41) is 9.32. The zero-order chi connectivity index (χ0) is 22.3. The van der Waals surface area contributed by atoms with Gasteiger partial charge < -0.3 is 19.2 Å². The fraction of sp³-hybridized carbons (Fsp3) is 0.350. The predicted molar refractivity (Wildman–Crippen MR) is 108 cm³/mol. The molecule has 4 aromatic rings. The van der Waals surface area contributed by atoms with E-state index in [4.69, 9.17) is 13.9 Å². The molecule has 32 heavy (non-hydrogen) atoms. The highest BCUT2D eigenvalue weighted by Crippen LogP contribution is 2.42. The summed E-state index contributed by atoms with van der Waals surface area (Å²) in [4.78, 5) is 16.6. The molecule has 1 aromatic carbocycles. The van der Waals surface area contributed by atoms with Crippen molar-refractivity contribution < 1.29 is 31.9 Å². The van der Waals surface area contributed by atoms with E-state index in [-0.39, 0.29) is 29.1 Å². The molecular formula is C20H17F3N4O4S. The van der Waals surface area contributed by atoms with E-state index in [1.54, 1.807) is 23.8 Å². The molecule has 1 fully saturated rings. The molecule has 0 bridgehead atoms. The van der Waals surface area contributed by atoms with E-state index in [2.05, 4.69) is 15.4 Å². The number of hydrogen-bond acceptors (Lipinski definition) is 7. The van der Waals surface area contributed by atoms with Crippen molar-refractivity contribution in [3.63, 3.8) is 0 Å². The van der Waals surface area contributed by atoms with Gasteiger partial charge in [0.05, 0.1) is 38.3 Å². The van der Waals surface area contributed by atoms with Gasteiger partial charge in [-0.3, -0.25) is 9.48 Å². The lowest BCUT2D eigenvalue weighted by Gasteiger charge is -2.22. The second-order valence-corrected chi connectivity index (χ2v) is 8.19. The Balaban J connectivity index is 1.54. The van der Waals surface area contributed by atoms with Gasteiger partial charge in [0.1, 0.15) is 27.8 Å². The second kappa shape index (κ2) is 8.19. The highest BCUT2D eigenvalue weighted by Gasteiger charge is 2.42. The van der Waals surface area contributed by atoms with E-state index in [1.807, 2.05) is 0 Å². The van der Waals surface area contributed by atoms with Crippen LogP contribution in [0.15, 0.2) is 34.3 Å². The number of fused-ring (bicyclic) bond motifs is 3. The third kappa shape index (κ3) is 3.96. The van der Waals surface area contributed by atoms with Gasteiger partial charge in [0.2, 0.25) is 5.76 Å². The number of carbonyl (C=O) groups excluding carboxylic acids is 1. The molecule has 1 N–H and O–H groups in total. The van der Waals surface area contributed by atoms with Crippen molar-refractivity contribution in [1.29, 1.82) is 0 Å². The second-order valence-electron chi connectivity index (χ2n) is 7.21. The van der Waals surface area contributed by atoms with E-state index in [0.717, 1.165) is 0 Å². The van der Waals surface area contributed by atoms with E-state index >= 15 is 0 Å². The van der Waals surface area contributed by atoms with Crippen molar-refractivity contribution in [2.45, 2.75) is 25.4 Å². The first-order valence-corrected chi connectivity index (χ1v) is 10.6. The highest BCUT2D eigenvalue weighted by molar-refractivity contribution is 7.09. The van der Waals surface area contributed by atoms with Crippen LogP contribution >= 0.6 is 11.3 Å². The number of halogens is 3. The van der Waals surface area contributed by atoms with Gasteiger partial charge in [-0.2, -0.15) is 18.3 Å². The predicted octanol–water partition coefficient (Wildman–Crippen LogP) is 3.60. The molecular weight excluding hydrogens is 449 g/mol. The Morgan fingerprint density at radius 1 is 1.31 bits per heavy atom. The number of aromatic nitrogens is 3. The van der Waals surface area contributed by atoms with E-state index in [0.29, 0.717) is 36.8 Å². The number of ether oxygens (including phenoxy) is 2. The number of amides is 1. The lowest BCUT2D eigenvalue weighted by atomic mass is 10.1. The molecule has 0 saturated carbocycles. The normalized spacial score (nSPS) is 17.3. The third-order valence-electron chi connectivity index (χ3n) is 5.03. The molecule has 1 atom stereocenters. The summed E-state index contributed by atoms with van der Waals surface area (Å²) < 4.78 is 60.1. The zero-order valence-electron chi connectivity index (χ0n) is 16.5. The van der Waals surface area contributed by atoms with Gasteiger partial charge in [0, 0.05) is 23.2 Å². The van der Waals surface area contributed by atoms with Crippen molar-refractivity contribution in [3.8, 4) is 0 Å². The Hall–Kier alpha value is -2.96. The smallest absolute Gasteiger partial charge is 0.421 e. The maximum Gasteiger partial charge on any atom is 0.421 e. The van der Waals surface area contributed by atoms with Gasteiger partial charge in [0.15, 0.2) is 0 Å². The minimum atomic E-state index is -4.82. The third-order valence-corrected chi connectivity index (χ3v) is 5.81. The number of carbonyl (C=O) groups is 1. The minimum absolute atomic E-state index is 0.00165. The van der Waals surface area contributed by atoms with Crippen LogP contribution in [0.2, 0.25) is 0 Å². The summed E-state index contributed by atoms with van der Waals surface area (Å²) in [6.07, 6.45) is -1.88. The first-order chi connectivity index (χ1) is 15.4. The summed E-state index contributed by atoms with van der Waals surface area (Å²) in [6.45, 7) is 1.67. The Morgan fingerprint density at radius 3 is 2.91 bits per heavy atom. The first-order valence-electron chi connectivity index (χ1n) is 9.76. The number of furan rings is 1. The molecule has 1 saturated heterocycles. The van der Waals surface area contributed by atoms with Gasteiger partial charge in [-0.1, -0.05) is 0 Å². The van der Waals surface area contributed by atoms with Crippen LogP contribution in [-0.4, -0.2) is 46.6 Å². The SMILES string of the molecule is O=C(NCc1nccs1)c1oc2ccc3cn(C[C@H]4COCCO4)nc3c2c1C(F)(F)F. The number of rotatable bonds is 5. The van der Waals surface area contributed by atoms with Crippen LogP contribution in [0.1, 0.15) is 21.1 Å². The fourth-order valence-corrected chi connectivity index (χ4v) is 4.23. The van der Waals surface area contributed by atoms with Crippen molar-refractivity contribution in [1.82, 2.24) is 20.1 Å². The molecule has 0 radical (unpaired) electrons. The molecule has 168 valence electrons. The highest BCUT2D eigenvalue weighted by atomic mass is 32.1. The van der Waals surface area contributed by atoms with Crippen molar-refractivity contribution in [3.05, 3.63) is 46.2 Å². The van der Waals surface area contributed by atoms with Crippen LogP contribution in [-0.2, 0) is 28.7 Å². The molecule has 1 amide bonds. The number of alkyl halides is 3. The topological polar surface area (TPSA) is 91.4 Å². The number of thiazole rings is 1. The Kier molecular flexibility index (Phi) is 5.35. The lowest BCUT2D eigenvalue weighted by molar-refractivity contribution is -0.137. The lowest BCUT2D eigenvalue weighted by Crippen LogP contribution is -2.32. The summed E-state index contributed by atoms with van der Waals surface area (Å²) in [5.41, 5.74) is -1.10. The maximum atomic E-state index is 14.1. The molecule has 12 heteroatoms. The van der Waals surface area contributed by atoms with E-state index < -0.39 is 23.4 Å². The Labute approximate surface area is 182 Å². The quantitative estimate of drug-likeness (QED) is 0.483. The fourth-order valence-electron chi connectivity index (χ4n) is 3.67. The summed E-state index contributed by atoms with van der Waals surface area (Å²) in [5.74, 6) is -1.76. The van der Waals surface area contributed by atoms with Crippen LogP contribution in [0.4, 0.5) is 13.2 Å². The molecule has 1 aliphatic rings. The van der Waals surface area contributed by atoms with Gasteiger partial charge in [0.25, 0.3) is 5.91 Å². The van der Waals surface area contributed by atoms with E-state index in [1.165, 1.54) is 22.1 Å². The van der Waals surface area contributed by atoms with Gasteiger partial charge >= 0.3 is 6.18 Å². The van der Waals surface area contributed by atoms with Crippen LogP contribution < -0.4 is 5.32 Å². The Bertz CT molecular complexity index is 1260. The van der Waals surface area contributed by atoms with E-state index in [9.17, 15) is 18.0 Å². The molecule has 0 unspecified atom stereocenters. The van der Waals surface area contributed by atoms with Gasteiger partial charge in [-0.25, -0.2) is 4.98 Å². The van der Waals surface area contributed by atoms with Crippen LogP contribution in [0, 0.1) is 0 Å². The molecule has 1 aliphatic heterocycles. The van der Waals surface area contributed by atoms with Crippen LogP contribution in [0.3, 0.4) is 0 Å². The molecule has 4 heterocycles. The standard InChI is InChI=1S/C20H17F3N4O4S/c21-20(22,23)16-15-13(31-18(16)19(28)25-7-14-24-3-6-32-14)2-1-11-8-27(26-17(11)15)9-12-10-29-4-5-30-12/h1-3,6,8,12H,4-5,7,9-10H2,(H,25,28)/t12-/m0/s1. The molecule has 8 nitrogen and oxygen atoms in total. The molecule has 3 aromatic heterocycles. The maximum absolute atomic E-state index is 14.1. The first kappa shape index (κ1) is 20.9. The molecule has 0 spiro atoms. The average molecular weight is 466 g/mol. The molecule has 5 rings (SSSR count). The number of hydrogen-bond donors (Lipinski definition) is 1. The summed E-state index contributed by atoms with van der Waals surface area (Å²) in [7, 11) is 0. The zero-order valence-corrected chi connectivity index (χ0v) is 17.3. The minimum Gasteiger partial charge on any atom is -0.450 e. The largest absolute Gasteiger partial charge is 0.450 e. The van der Waals surface area contributed by atoms with Crippen LogP contribution in [0.5, 0.6) is 0 Å². The van der Waals surface area contributed by atoms with Crippen molar-refractivity contribution >= 4 is 39.1 Å². The van der Waals surface area contributed by atoms with Crippen molar-refractivity contribution in [2.75, 3.05) is 19.8 Å². The monoisotopic (exact) mass is 466 g/mol.